The number of hydrogen-bond acceptors (Lipinski definition) is 6. The number of carbonyl (C=O) groups is 1. The van der Waals surface area contributed by atoms with Crippen LogP contribution < -0.4 is 10.9 Å². The van der Waals surface area contributed by atoms with E-state index in [1.54, 1.807) is 11.9 Å². The molecule has 0 bridgehead atoms. The summed E-state index contributed by atoms with van der Waals surface area (Å²) in [6.45, 7) is 2.77. The summed E-state index contributed by atoms with van der Waals surface area (Å²) in [5, 5.41) is 0. The molecule has 13 heteroatoms. The molecule has 0 radical (unpaired) electrons. The predicted molar refractivity (Wildman–Crippen MR) is 138 cm³/mol. The molecule has 2 saturated carbocycles. The van der Waals surface area contributed by atoms with E-state index >= 15 is 8.78 Å². The third kappa shape index (κ3) is 4.99. The third-order valence-electron chi connectivity index (χ3n) is 11.6. The molecule has 0 aromatic heterocycles. The minimum atomic E-state index is -4.44. The van der Waals surface area contributed by atoms with E-state index in [1.807, 2.05) is 11.8 Å². The summed E-state index contributed by atoms with van der Waals surface area (Å²) in [7, 11) is 1.62. The molecule has 234 valence electrons. The van der Waals surface area contributed by atoms with Gasteiger partial charge >= 0.3 is 6.18 Å². The predicted octanol–water partition coefficient (Wildman–Crippen LogP) is 3.62. The van der Waals surface area contributed by atoms with Gasteiger partial charge in [0.15, 0.2) is 0 Å². The van der Waals surface area contributed by atoms with Crippen molar-refractivity contribution in [2.24, 2.45) is 35.0 Å². The number of carbonyl (C=O) groups excluding carboxylic acids is 1. The number of alkyl halides is 6. The molecule has 1 amide bonds. The fraction of sp³-hybridized carbons (Fsp3) is 0.964. The second-order valence-corrected chi connectivity index (χ2v) is 13.7. The Bertz CT molecular complexity index is 982. The molecule has 6 rings (SSSR count). The molecule has 4 heterocycles. The number of hydrogen-bond donors (Lipinski definition) is 2. The maximum atomic E-state index is 16.1. The molecule has 4 saturated heterocycles. The molecule has 6 fully saturated rings. The Kier molecular flexibility index (Phi) is 7.86. The summed E-state index contributed by atoms with van der Waals surface area (Å²) in [6.07, 6.45) is -3.75. The topological polar surface area (TPSA) is 60.1 Å². The average molecular weight is 596 g/mol. The third-order valence-corrected chi connectivity index (χ3v) is 11.6. The van der Waals surface area contributed by atoms with Gasteiger partial charge in [-0.2, -0.15) is 13.2 Å². The maximum absolute atomic E-state index is 16.1. The Labute approximate surface area is 237 Å². The second kappa shape index (κ2) is 10.8. The molecule has 41 heavy (non-hydrogen) atoms. The van der Waals surface area contributed by atoms with Crippen LogP contribution in [0, 0.1) is 35.0 Å². The molecule has 7 unspecified atom stereocenters. The van der Waals surface area contributed by atoms with E-state index in [2.05, 4.69) is 10.9 Å². The molecular weight excluding hydrogens is 552 g/mol. The Morgan fingerprint density at radius 3 is 2.39 bits per heavy atom. The van der Waals surface area contributed by atoms with Gasteiger partial charge in [0.2, 0.25) is 5.91 Å². The molecule has 6 aliphatic rings. The van der Waals surface area contributed by atoms with Crippen LogP contribution in [0.2, 0.25) is 0 Å². The van der Waals surface area contributed by atoms with E-state index in [4.69, 9.17) is 4.74 Å². The highest BCUT2D eigenvalue weighted by atomic mass is 19.4. The Hall–Kier alpha value is -1.15. The Balaban J connectivity index is 1.20. The molecule has 0 aromatic rings. The molecular formula is C28H43F6N5O2. The summed E-state index contributed by atoms with van der Waals surface area (Å²) >= 11 is 0. The lowest BCUT2D eigenvalue weighted by Gasteiger charge is -2.55. The first-order chi connectivity index (χ1) is 19.3. The summed E-state index contributed by atoms with van der Waals surface area (Å²) in [6, 6.07) is -0.594. The SMILES string of the molecule is C[C@H](C1CC2C(=O)N(C3CCCC(C4(C(F)(F)C5NNCN5C)COC4)C3)CC2C(C(F)(F)F)C1)N1CC[C@H](F)C1. The molecule has 2 N–H and O–H groups in total. The number of halogens is 6. The average Bonchev–Trinajstić information content (AvgIpc) is 3.61. The van der Waals surface area contributed by atoms with E-state index in [9.17, 15) is 22.4 Å². The van der Waals surface area contributed by atoms with Gasteiger partial charge in [-0.1, -0.05) is 6.42 Å². The fourth-order valence-electron chi connectivity index (χ4n) is 9.04. The largest absolute Gasteiger partial charge is 0.392 e. The zero-order valence-corrected chi connectivity index (χ0v) is 23.8. The molecule has 7 nitrogen and oxygen atoms in total. The number of nitrogens with one attached hydrogen (secondary N) is 2. The van der Waals surface area contributed by atoms with Crippen LogP contribution >= 0.6 is 0 Å². The maximum Gasteiger partial charge on any atom is 0.392 e. The monoisotopic (exact) mass is 595 g/mol. The van der Waals surface area contributed by atoms with Crippen LogP contribution in [0.3, 0.4) is 0 Å². The lowest BCUT2D eigenvalue weighted by atomic mass is 9.62. The summed E-state index contributed by atoms with van der Waals surface area (Å²) in [4.78, 5) is 18.9. The number of rotatable bonds is 6. The van der Waals surface area contributed by atoms with Crippen LogP contribution in [-0.4, -0.2) is 104 Å². The lowest BCUT2D eigenvalue weighted by Crippen LogP contribution is -2.68. The van der Waals surface area contributed by atoms with Crippen LogP contribution in [0.4, 0.5) is 26.3 Å². The zero-order chi connectivity index (χ0) is 29.3. The van der Waals surface area contributed by atoms with E-state index in [1.165, 1.54) is 4.90 Å². The van der Waals surface area contributed by atoms with Gasteiger partial charge in [0.05, 0.1) is 31.2 Å². The van der Waals surface area contributed by atoms with E-state index in [-0.39, 0.29) is 63.3 Å². The van der Waals surface area contributed by atoms with Gasteiger partial charge in [-0.3, -0.25) is 14.6 Å². The number of ether oxygens (including phenoxy) is 1. The number of nitrogens with zero attached hydrogens (tertiary/aromatic N) is 3. The lowest BCUT2D eigenvalue weighted by molar-refractivity contribution is -0.292. The number of fused-ring (bicyclic) bond motifs is 1. The summed E-state index contributed by atoms with van der Waals surface area (Å²) in [5.74, 6) is -7.30. The Morgan fingerprint density at radius 2 is 1.80 bits per heavy atom. The van der Waals surface area contributed by atoms with Crippen LogP contribution in [0.5, 0.6) is 0 Å². The highest BCUT2D eigenvalue weighted by Crippen LogP contribution is 2.57. The van der Waals surface area contributed by atoms with Crippen molar-refractivity contribution in [3.63, 3.8) is 0 Å². The van der Waals surface area contributed by atoms with Gasteiger partial charge in [0, 0.05) is 37.6 Å². The standard InChI is InChI=1S/C28H43F6N5O2/c1-16(38-7-6-19(29)11-38)17-8-21-22(23(9-17)28(32,33)34)12-39(24(21)40)20-5-3-4-18(10-20)26(13-41-14-26)27(30,31)25-36-35-15-37(25)2/h16-23,25,35-36H,3-15H2,1-2H3/t16-,17?,18?,19+,20?,21?,22?,23?,25?/m1/s1. The van der Waals surface area contributed by atoms with Crippen molar-refractivity contribution in [1.29, 1.82) is 0 Å². The van der Waals surface area contributed by atoms with Crippen molar-refractivity contribution in [3.05, 3.63) is 0 Å². The first-order valence-corrected chi connectivity index (χ1v) is 15.2. The van der Waals surface area contributed by atoms with Gasteiger partial charge < -0.3 is 9.64 Å². The van der Waals surface area contributed by atoms with Gasteiger partial charge in [0.1, 0.15) is 12.3 Å². The highest BCUT2D eigenvalue weighted by molar-refractivity contribution is 5.82. The van der Waals surface area contributed by atoms with Crippen LogP contribution in [-0.2, 0) is 9.53 Å². The molecule has 4 aliphatic heterocycles. The molecule has 0 aromatic carbocycles. The van der Waals surface area contributed by atoms with Crippen molar-refractivity contribution in [2.45, 2.75) is 88.4 Å². The smallest absolute Gasteiger partial charge is 0.380 e. The minimum Gasteiger partial charge on any atom is -0.380 e. The number of likely N-dealkylation sites (tertiary alicyclic amines) is 2. The van der Waals surface area contributed by atoms with Crippen molar-refractivity contribution in [2.75, 3.05) is 46.6 Å². The van der Waals surface area contributed by atoms with E-state index in [0.29, 0.717) is 45.1 Å². The van der Waals surface area contributed by atoms with Gasteiger partial charge in [-0.05, 0) is 70.3 Å². The fourth-order valence-corrected chi connectivity index (χ4v) is 9.04. The van der Waals surface area contributed by atoms with Gasteiger partial charge in [-0.15, -0.1) is 0 Å². The first kappa shape index (κ1) is 29.9. The summed E-state index contributed by atoms with van der Waals surface area (Å²) in [5.41, 5.74) is 4.08. The normalized spacial score (nSPS) is 41.5. The Morgan fingerprint density at radius 1 is 1.05 bits per heavy atom. The van der Waals surface area contributed by atoms with Gasteiger partial charge in [0.25, 0.3) is 5.92 Å². The van der Waals surface area contributed by atoms with Crippen molar-refractivity contribution >= 4 is 5.91 Å². The first-order valence-electron chi connectivity index (χ1n) is 15.2. The zero-order valence-electron chi connectivity index (χ0n) is 23.8. The molecule has 2 aliphatic carbocycles. The minimum absolute atomic E-state index is 0.0269. The van der Waals surface area contributed by atoms with Crippen molar-refractivity contribution in [3.8, 4) is 0 Å². The van der Waals surface area contributed by atoms with E-state index in [0.717, 1.165) is 0 Å². The molecule has 0 spiro atoms. The number of hydrazine groups is 1. The van der Waals surface area contributed by atoms with Crippen molar-refractivity contribution in [1.82, 2.24) is 25.6 Å². The van der Waals surface area contributed by atoms with Gasteiger partial charge in [-0.25, -0.2) is 24.0 Å². The quantitative estimate of drug-likeness (QED) is 0.458. The highest BCUT2D eigenvalue weighted by Gasteiger charge is 2.68. The van der Waals surface area contributed by atoms with Crippen molar-refractivity contribution < 1.29 is 35.9 Å². The van der Waals surface area contributed by atoms with E-state index < -0.39 is 53.5 Å². The second-order valence-electron chi connectivity index (χ2n) is 13.7. The van der Waals surface area contributed by atoms with Crippen LogP contribution in [0.15, 0.2) is 0 Å². The van der Waals surface area contributed by atoms with Crippen LogP contribution in [0.1, 0.15) is 51.9 Å². The number of amides is 1. The van der Waals surface area contributed by atoms with Crippen LogP contribution in [0.25, 0.3) is 0 Å². The molecule has 9 atom stereocenters. The summed E-state index contributed by atoms with van der Waals surface area (Å²) < 4.78 is 94.7.